The fraction of sp³-hybridized carbons (Fsp3) is 0.235. The molecule has 2 heterocycles. The summed E-state index contributed by atoms with van der Waals surface area (Å²) in [6.45, 7) is -0.603. The molecule has 234 valence electrons. The number of rotatable bonds is 7. The molecular weight excluding hydrogens is 584 g/mol. The standard InChI is InChI=1S/C34H32O11/c35-16-28-30(40)31(41)32(42)34(45-28)43-25-10-18(9-22(37)15-25)2-1-17-3-8-27-26(11-17)29(20-12-23(38)14-24(39)13-20)33(44-27)19-4-6-21(36)7-5-19/h1-15,28-42H,16H2/b2-1+/t28?,29-,30?,31?,32?,33+,34?/m0/s1. The zero-order valence-electron chi connectivity index (χ0n) is 23.7. The third-order valence-electron chi connectivity index (χ3n) is 7.91. The van der Waals surface area contributed by atoms with E-state index in [1.54, 1.807) is 54.6 Å². The van der Waals surface area contributed by atoms with Crippen LogP contribution >= 0.6 is 0 Å². The van der Waals surface area contributed by atoms with E-state index >= 15 is 0 Å². The molecule has 5 unspecified atom stereocenters. The quantitative estimate of drug-likeness (QED) is 0.142. The summed E-state index contributed by atoms with van der Waals surface area (Å²) in [6.07, 6.45) is -4.27. The monoisotopic (exact) mass is 616 g/mol. The second kappa shape index (κ2) is 12.3. The molecule has 8 N–H and O–H groups in total. The van der Waals surface area contributed by atoms with Crippen molar-refractivity contribution < 1.29 is 55.1 Å². The van der Waals surface area contributed by atoms with Gasteiger partial charge in [-0.1, -0.05) is 30.4 Å². The van der Waals surface area contributed by atoms with Crippen molar-refractivity contribution in [3.8, 4) is 34.5 Å². The number of phenolic OH excluding ortho intramolecular Hbond substituents is 4. The van der Waals surface area contributed by atoms with Crippen LogP contribution in [0.3, 0.4) is 0 Å². The number of aromatic hydroxyl groups is 4. The van der Waals surface area contributed by atoms with Gasteiger partial charge in [-0.05, 0) is 70.8 Å². The van der Waals surface area contributed by atoms with Gasteiger partial charge in [-0.2, -0.15) is 0 Å². The Bertz CT molecular complexity index is 1680. The Morgan fingerprint density at radius 3 is 2.04 bits per heavy atom. The van der Waals surface area contributed by atoms with Gasteiger partial charge in [0.25, 0.3) is 0 Å². The van der Waals surface area contributed by atoms with E-state index in [0.717, 1.165) is 16.7 Å². The molecule has 1 fully saturated rings. The zero-order chi connectivity index (χ0) is 31.8. The van der Waals surface area contributed by atoms with Crippen LogP contribution in [0, 0.1) is 0 Å². The maximum absolute atomic E-state index is 10.3. The van der Waals surface area contributed by atoms with Gasteiger partial charge in [0.05, 0.1) is 12.5 Å². The Hall–Kier alpha value is -4.78. The molecule has 6 rings (SSSR count). The maximum Gasteiger partial charge on any atom is 0.229 e. The van der Waals surface area contributed by atoms with Gasteiger partial charge < -0.3 is 55.1 Å². The van der Waals surface area contributed by atoms with Gasteiger partial charge in [0, 0.05) is 17.7 Å². The Labute approximate surface area is 257 Å². The van der Waals surface area contributed by atoms with Crippen molar-refractivity contribution in [2.24, 2.45) is 0 Å². The Kier molecular flexibility index (Phi) is 8.28. The summed E-state index contributed by atoms with van der Waals surface area (Å²) in [5, 5.41) is 80.5. The van der Waals surface area contributed by atoms with E-state index in [9.17, 15) is 40.9 Å². The Morgan fingerprint density at radius 1 is 0.644 bits per heavy atom. The SMILES string of the molecule is OCC1OC(Oc2cc(O)cc(/C=C/c3ccc4c(c3)[C@H](c3cc(O)cc(O)c3)[C@@H](c3ccc(O)cc3)O4)c2)C(O)C(O)C1O. The van der Waals surface area contributed by atoms with Gasteiger partial charge in [0.15, 0.2) is 0 Å². The highest BCUT2D eigenvalue weighted by Gasteiger charge is 2.44. The third kappa shape index (κ3) is 6.25. The highest BCUT2D eigenvalue weighted by atomic mass is 16.7. The molecule has 1 saturated heterocycles. The molecule has 45 heavy (non-hydrogen) atoms. The molecule has 4 aromatic carbocycles. The largest absolute Gasteiger partial charge is 0.508 e. The van der Waals surface area contributed by atoms with E-state index in [1.807, 2.05) is 18.2 Å². The van der Waals surface area contributed by atoms with Crippen molar-refractivity contribution >= 4 is 12.2 Å². The lowest BCUT2D eigenvalue weighted by Crippen LogP contribution is -2.60. The van der Waals surface area contributed by atoms with E-state index in [2.05, 4.69) is 0 Å². The number of hydrogen-bond acceptors (Lipinski definition) is 11. The average molecular weight is 617 g/mol. The molecule has 0 bridgehead atoms. The van der Waals surface area contributed by atoms with Crippen molar-refractivity contribution in [1.29, 1.82) is 0 Å². The summed E-state index contributed by atoms with van der Waals surface area (Å²) in [4.78, 5) is 0. The molecule has 2 aliphatic rings. The first-order valence-electron chi connectivity index (χ1n) is 14.2. The van der Waals surface area contributed by atoms with E-state index in [4.69, 9.17) is 14.2 Å². The van der Waals surface area contributed by atoms with Gasteiger partial charge in [0.2, 0.25) is 6.29 Å². The average Bonchev–Trinajstić information content (AvgIpc) is 3.39. The molecule has 0 radical (unpaired) electrons. The number of fused-ring (bicyclic) bond motifs is 1. The van der Waals surface area contributed by atoms with Crippen LogP contribution in [0.15, 0.2) is 78.9 Å². The summed E-state index contributed by atoms with van der Waals surface area (Å²) in [5.41, 5.74) is 3.54. The molecule has 0 spiro atoms. The first kappa shape index (κ1) is 30.3. The minimum absolute atomic E-state index is 0.0930. The van der Waals surface area contributed by atoms with Crippen molar-refractivity contribution in [2.75, 3.05) is 6.61 Å². The molecule has 7 atom stereocenters. The van der Waals surface area contributed by atoms with Gasteiger partial charge in [-0.15, -0.1) is 0 Å². The molecule has 0 aromatic heterocycles. The molecule has 0 aliphatic carbocycles. The minimum Gasteiger partial charge on any atom is -0.508 e. The molecule has 0 amide bonds. The van der Waals surface area contributed by atoms with Gasteiger partial charge in [-0.3, -0.25) is 0 Å². The third-order valence-corrected chi connectivity index (χ3v) is 7.91. The first-order valence-corrected chi connectivity index (χ1v) is 14.2. The van der Waals surface area contributed by atoms with Crippen LogP contribution in [0.25, 0.3) is 12.2 Å². The van der Waals surface area contributed by atoms with E-state index in [1.165, 1.54) is 18.2 Å². The number of hydrogen-bond donors (Lipinski definition) is 8. The van der Waals surface area contributed by atoms with Gasteiger partial charge in [-0.25, -0.2) is 0 Å². The minimum atomic E-state index is -1.61. The van der Waals surface area contributed by atoms with Crippen LogP contribution in [0.2, 0.25) is 0 Å². The normalized spacial score (nSPS) is 26.0. The second-order valence-corrected chi connectivity index (χ2v) is 11.1. The van der Waals surface area contributed by atoms with E-state index < -0.39 is 49.3 Å². The molecule has 11 heteroatoms. The predicted molar refractivity (Wildman–Crippen MR) is 161 cm³/mol. The van der Waals surface area contributed by atoms with Gasteiger partial charge >= 0.3 is 0 Å². The first-order chi connectivity index (χ1) is 21.6. The topological polar surface area (TPSA) is 190 Å². The molecule has 4 aromatic rings. The Balaban J connectivity index is 1.28. The zero-order valence-corrected chi connectivity index (χ0v) is 23.7. The van der Waals surface area contributed by atoms with Crippen LogP contribution in [0.5, 0.6) is 34.5 Å². The summed E-state index contributed by atoms with van der Waals surface area (Å²) < 4.78 is 17.4. The Morgan fingerprint density at radius 2 is 1.33 bits per heavy atom. The number of phenols is 4. The fourth-order valence-corrected chi connectivity index (χ4v) is 5.73. The lowest BCUT2D eigenvalue weighted by molar-refractivity contribution is -0.277. The second-order valence-electron chi connectivity index (χ2n) is 11.1. The molecular formula is C34H32O11. The summed E-state index contributed by atoms with van der Waals surface area (Å²) in [7, 11) is 0. The van der Waals surface area contributed by atoms with Crippen molar-refractivity contribution in [3.05, 3.63) is 107 Å². The van der Waals surface area contributed by atoms with Crippen LogP contribution in [0.1, 0.15) is 39.8 Å². The summed E-state index contributed by atoms with van der Waals surface area (Å²) in [5.74, 6) is 0.110. The van der Waals surface area contributed by atoms with Gasteiger partial charge in [0.1, 0.15) is 65.0 Å². The lowest BCUT2D eigenvalue weighted by Gasteiger charge is -2.39. The predicted octanol–water partition coefficient (Wildman–Crippen LogP) is 3.12. The smallest absolute Gasteiger partial charge is 0.229 e. The summed E-state index contributed by atoms with van der Waals surface area (Å²) in [6, 6.07) is 21.0. The molecule has 11 nitrogen and oxygen atoms in total. The number of aliphatic hydroxyl groups is 4. The number of ether oxygens (including phenoxy) is 3. The van der Waals surface area contributed by atoms with Crippen LogP contribution in [-0.4, -0.2) is 78.2 Å². The van der Waals surface area contributed by atoms with Crippen LogP contribution < -0.4 is 9.47 Å². The highest BCUT2D eigenvalue weighted by Crippen LogP contribution is 2.51. The number of benzene rings is 4. The highest BCUT2D eigenvalue weighted by molar-refractivity contribution is 5.72. The van der Waals surface area contributed by atoms with Crippen molar-refractivity contribution in [3.63, 3.8) is 0 Å². The maximum atomic E-state index is 10.3. The molecule has 2 aliphatic heterocycles. The van der Waals surface area contributed by atoms with Crippen molar-refractivity contribution in [2.45, 2.75) is 42.7 Å². The van der Waals surface area contributed by atoms with Crippen molar-refractivity contribution in [1.82, 2.24) is 0 Å². The van der Waals surface area contributed by atoms with Crippen LogP contribution in [-0.2, 0) is 4.74 Å². The lowest BCUT2D eigenvalue weighted by atomic mass is 9.84. The van der Waals surface area contributed by atoms with Crippen LogP contribution in [0.4, 0.5) is 0 Å². The number of aliphatic hydroxyl groups excluding tert-OH is 4. The van der Waals surface area contributed by atoms with E-state index in [-0.39, 0.29) is 28.7 Å². The molecule has 0 saturated carbocycles. The fourth-order valence-electron chi connectivity index (χ4n) is 5.73. The summed E-state index contributed by atoms with van der Waals surface area (Å²) >= 11 is 0. The van der Waals surface area contributed by atoms with E-state index in [0.29, 0.717) is 16.9 Å².